The molecule has 2 aromatic rings. The number of benzene rings is 1. The van der Waals surface area contributed by atoms with E-state index in [-0.39, 0.29) is 0 Å². The van der Waals surface area contributed by atoms with Crippen LogP contribution in [0.2, 0.25) is 0 Å². The van der Waals surface area contributed by atoms with E-state index in [0.29, 0.717) is 18.8 Å². The first kappa shape index (κ1) is 10.7. The Morgan fingerprint density at radius 3 is 3.05 bits per heavy atom. The summed E-state index contributed by atoms with van der Waals surface area (Å²) < 4.78 is 10.8. The van der Waals surface area contributed by atoms with Gasteiger partial charge < -0.3 is 14.8 Å². The second-order valence-electron chi connectivity index (χ2n) is 4.96. The summed E-state index contributed by atoms with van der Waals surface area (Å²) in [5.74, 6) is 2.95. The van der Waals surface area contributed by atoms with Gasteiger partial charge in [0.25, 0.3) is 0 Å². The second-order valence-corrected chi connectivity index (χ2v) is 4.96. The van der Waals surface area contributed by atoms with Gasteiger partial charge in [-0.15, -0.1) is 0 Å². The zero-order chi connectivity index (χ0) is 12.8. The van der Waals surface area contributed by atoms with Gasteiger partial charge >= 0.3 is 0 Å². The van der Waals surface area contributed by atoms with Crippen LogP contribution in [0.5, 0.6) is 11.5 Å². The van der Waals surface area contributed by atoms with Crippen LogP contribution < -0.4 is 14.8 Å². The van der Waals surface area contributed by atoms with Gasteiger partial charge in [0, 0.05) is 23.7 Å². The van der Waals surface area contributed by atoms with Gasteiger partial charge in [-0.05, 0) is 30.7 Å². The smallest absolute Gasteiger partial charge is 0.231 e. The first-order valence-electron chi connectivity index (χ1n) is 6.44. The van der Waals surface area contributed by atoms with Gasteiger partial charge in [-0.1, -0.05) is 12.1 Å². The van der Waals surface area contributed by atoms with Crippen molar-refractivity contribution in [3.8, 4) is 11.5 Å². The quantitative estimate of drug-likeness (QED) is 0.849. The summed E-state index contributed by atoms with van der Waals surface area (Å²) in [6, 6.07) is 10.6. The van der Waals surface area contributed by atoms with Crippen LogP contribution in [-0.2, 0) is 0 Å². The Labute approximate surface area is 111 Å². The van der Waals surface area contributed by atoms with Crippen LogP contribution in [0.1, 0.15) is 24.0 Å². The molecule has 4 nitrogen and oxygen atoms in total. The maximum Gasteiger partial charge on any atom is 0.231 e. The van der Waals surface area contributed by atoms with Crippen molar-refractivity contribution in [1.29, 1.82) is 0 Å². The van der Waals surface area contributed by atoms with Crippen molar-refractivity contribution in [3.05, 3.63) is 47.7 Å². The van der Waals surface area contributed by atoms with Crippen molar-refractivity contribution in [3.63, 3.8) is 0 Å². The van der Waals surface area contributed by atoms with E-state index in [1.54, 1.807) is 0 Å². The lowest BCUT2D eigenvalue weighted by Gasteiger charge is -2.16. The zero-order valence-corrected chi connectivity index (χ0v) is 10.6. The van der Waals surface area contributed by atoms with Crippen LogP contribution in [0.4, 0.5) is 5.82 Å². The largest absolute Gasteiger partial charge is 0.454 e. The number of hydrogen-bond acceptors (Lipinski definition) is 4. The first-order chi connectivity index (χ1) is 9.33. The molecule has 1 aromatic heterocycles. The molecule has 0 radical (unpaired) electrons. The van der Waals surface area contributed by atoms with E-state index in [1.807, 2.05) is 18.3 Å². The predicted molar refractivity (Wildman–Crippen MR) is 71.7 cm³/mol. The van der Waals surface area contributed by atoms with E-state index in [0.717, 1.165) is 17.3 Å². The Kier molecular flexibility index (Phi) is 2.18. The summed E-state index contributed by atoms with van der Waals surface area (Å²) in [4.78, 5) is 4.39. The first-order valence-corrected chi connectivity index (χ1v) is 6.44. The molecule has 1 N–H and O–H groups in total. The molecule has 1 aromatic carbocycles. The summed E-state index contributed by atoms with van der Waals surface area (Å²) in [5.41, 5.74) is 2.48. The van der Waals surface area contributed by atoms with Gasteiger partial charge in [0.15, 0.2) is 11.5 Å². The van der Waals surface area contributed by atoms with Crippen LogP contribution in [0, 0.1) is 0 Å². The average Bonchev–Trinajstić information content (AvgIpc) is 3.00. The number of hydrogen-bond donors (Lipinski definition) is 1. The Hall–Kier alpha value is -2.23. The lowest BCUT2D eigenvalue weighted by molar-refractivity contribution is 0.174. The molecule has 4 rings (SSSR count). The van der Waals surface area contributed by atoms with Gasteiger partial charge in [0.1, 0.15) is 5.82 Å². The fourth-order valence-corrected chi connectivity index (χ4v) is 2.93. The van der Waals surface area contributed by atoms with Crippen molar-refractivity contribution < 1.29 is 9.47 Å². The van der Waals surface area contributed by atoms with Gasteiger partial charge in [0.05, 0.1) is 0 Å². The molecule has 0 aliphatic carbocycles. The summed E-state index contributed by atoms with van der Waals surface area (Å²) in [7, 11) is 0. The fraction of sp³-hybridized carbons (Fsp3) is 0.267. The Morgan fingerprint density at radius 1 is 1.21 bits per heavy atom. The molecule has 0 fully saturated rings. The summed E-state index contributed by atoms with van der Waals surface area (Å²) in [6.45, 7) is 2.49. The maximum atomic E-state index is 5.46. The predicted octanol–water partition coefficient (Wildman–Crippen LogP) is 2.76. The van der Waals surface area contributed by atoms with E-state index in [2.05, 4.69) is 35.4 Å². The number of aromatic nitrogens is 1. The summed E-state index contributed by atoms with van der Waals surface area (Å²) >= 11 is 0. The van der Waals surface area contributed by atoms with Gasteiger partial charge in [0.2, 0.25) is 6.79 Å². The molecule has 2 unspecified atom stereocenters. The number of anilines is 1. The van der Waals surface area contributed by atoms with Crippen molar-refractivity contribution in [2.75, 3.05) is 12.1 Å². The molecule has 3 heterocycles. The number of fused-ring (bicyclic) bond motifs is 2. The van der Waals surface area contributed by atoms with E-state index in [9.17, 15) is 0 Å². The van der Waals surface area contributed by atoms with Crippen LogP contribution in [0.15, 0.2) is 36.5 Å². The third kappa shape index (κ3) is 1.56. The normalized spacial score (nSPS) is 23.0. The third-order valence-electron chi connectivity index (χ3n) is 3.79. The highest BCUT2D eigenvalue weighted by Crippen LogP contribution is 2.42. The third-order valence-corrected chi connectivity index (χ3v) is 3.79. The highest BCUT2D eigenvalue weighted by molar-refractivity contribution is 5.59. The van der Waals surface area contributed by atoms with E-state index in [4.69, 9.17) is 9.47 Å². The maximum absolute atomic E-state index is 5.46. The van der Waals surface area contributed by atoms with Gasteiger partial charge in [-0.3, -0.25) is 0 Å². The molecule has 96 valence electrons. The Morgan fingerprint density at radius 2 is 2.11 bits per heavy atom. The van der Waals surface area contributed by atoms with Crippen molar-refractivity contribution in [1.82, 2.24) is 4.98 Å². The molecule has 0 saturated heterocycles. The van der Waals surface area contributed by atoms with E-state index >= 15 is 0 Å². The minimum absolute atomic E-state index is 0.304. The number of nitrogens with zero attached hydrogens (tertiary/aromatic N) is 1. The lowest BCUT2D eigenvalue weighted by Crippen LogP contribution is -2.16. The molecule has 0 saturated carbocycles. The molecule has 2 aliphatic rings. The van der Waals surface area contributed by atoms with E-state index < -0.39 is 0 Å². The van der Waals surface area contributed by atoms with Crippen molar-refractivity contribution in [2.45, 2.75) is 18.9 Å². The molecule has 0 spiro atoms. The summed E-state index contributed by atoms with van der Waals surface area (Å²) in [5, 5.41) is 3.43. The van der Waals surface area contributed by atoms with Crippen molar-refractivity contribution >= 4 is 5.82 Å². The van der Waals surface area contributed by atoms with Crippen molar-refractivity contribution in [2.24, 2.45) is 0 Å². The highest BCUT2D eigenvalue weighted by atomic mass is 16.7. The molecule has 19 heavy (non-hydrogen) atoms. The van der Waals surface area contributed by atoms with Crippen LogP contribution in [0.3, 0.4) is 0 Å². The van der Waals surface area contributed by atoms with Crippen LogP contribution in [-0.4, -0.2) is 17.8 Å². The number of nitrogens with one attached hydrogen (secondary N) is 1. The SMILES string of the molecule is CC1Nc2ncccc2C1c1ccc2c(c1)OCO2. The fourth-order valence-electron chi connectivity index (χ4n) is 2.93. The Balaban J connectivity index is 1.80. The van der Waals surface area contributed by atoms with Gasteiger partial charge in [-0.25, -0.2) is 4.98 Å². The molecule has 2 aliphatic heterocycles. The monoisotopic (exact) mass is 254 g/mol. The molecule has 0 bridgehead atoms. The van der Waals surface area contributed by atoms with Crippen LogP contribution in [0.25, 0.3) is 0 Å². The molecule has 0 amide bonds. The Bertz CT molecular complexity index is 642. The minimum Gasteiger partial charge on any atom is -0.454 e. The average molecular weight is 254 g/mol. The highest BCUT2D eigenvalue weighted by Gasteiger charge is 2.31. The standard InChI is InChI=1S/C15H14N2O2/c1-9-14(11-3-2-6-16-15(11)17-9)10-4-5-12-13(7-10)19-8-18-12/h2-7,9,14H,8H2,1H3,(H,16,17). The molecular weight excluding hydrogens is 240 g/mol. The lowest BCUT2D eigenvalue weighted by atomic mass is 9.89. The second kappa shape index (κ2) is 3.88. The number of ether oxygens (including phenoxy) is 2. The molecule has 4 heteroatoms. The van der Waals surface area contributed by atoms with Crippen LogP contribution >= 0.6 is 0 Å². The molecular formula is C15H14N2O2. The number of pyridine rings is 1. The number of rotatable bonds is 1. The topological polar surface area (TPSA) is 43.4 Å². The molecule has 2 atom stereocenters. The zero-order valence-electron chi connectivity index (χ0n) is 10.6. The minimum atomic E-state index is 0.304. The van der Waals surface area contributed by atoms with E-state index in [1.165, 1.54) is 11.1 Å². The summed E-state index contributed by atoms with van der Waals surface area (Å²) in [6.07, 6.45) is 1.82. The van der Waals surface area contributed by atoms with Gasteiger partial charge in [-0.2, -0.15) is 0 Å².